The molecule has 2 aliphatic rings. The molecule has 1 amide bonds. The molecular formula is C26H25N3O4S2. The van der Waals surface area contributed by atoms with Crippen molar-refractivity contribution in [2.45, 2.75) is 39.7 Å². The number of rotatable bonds is 6. The van der Waals surface area contributed by atoms with Crippen molar-refractivity contribution >= 4 is 45.8 Å². The summed E-state index contributed by atoms with van der Waals surface area (Å²) in [5.41, 5.74) is 2.53. The van der Waals surface area contributed by atoms with E-state index in [1.165, 1.54) is 22.7 Å². The van der Waals surface area contributed by atoms with E-state index in [0.29, 0.717) is 32.7 Å². The van der Waals surface area contributed by atoms with Crippen LogP contribution in [0.3, 0.4) is 0 Å². The quantitative estimate of drug-likeness (QED) is 0.479. The SMILES string of the molecule is CCCCN1C(=O)/C(=c2\sc3n(c2=O)[C@@H](c2cccs2)C(C(=O)OCC)=C(C)N=3)c2ccccc21. The molecular weight excluding hydrogens is 482 g/mol. The smallest absolute Gasteiger partial charge is 0.338 e. The predicted octanol–water partition coefficient (Wildman–Crippen LogP) is 3.38. The summed E-state index contributed by atoms with van der Waals surface area (Å²) in [6.07, 6.45) is 1.83. The molecule has 1 aromatic carbocycles. The Balaban J connectivity index is 1.77. The van der Waals surface area contributed by atoms with Crippen LogP contribution in [0, 0.1) is 0 Å². The highest BCUT2D eigenvalue weighted by Gasteiger charge is 2.37. The van der Waals surface area contributed by atoms with E-state index >= 15 is 0 Å². The zero-order chi connectivity index (χ0) is 24.7. The van der Waals surface area contributed by atoms with E-state index in [2.05, 4.69) is 11.9 Å². The summed E-state index contributed by atoms with van der Waals surface area (Å²) in [5, 5.41) is 1.91. The molecule has 3 aromatic rings. The van der Waals surface area contributed by atoms with Crippen LogP contribution < -0.4 is 19.8 Å². The lowest BCUT2D eigenvalue weighted by atomic mass is 10.0. The standard InChI is InChI=1S/C26H25N3O4S2/c1-4-6-13-28-17-11-8-7-10-16(17)20(23(28)30)22-24(31)29-21(18-12-9-14-34-18)19(25(32)33-5-2)15(3)27-26(29)35-22/h7-12,14,21H,4-6,13H2,1-3H3/b22-20-/t21-/m0/s1. The van der Waals surface area contributed by atoms with E-state index in [4.69, 9.17) is 4.74 Å². The first-order valence-electron chi connectivity index (χ1n) is 11.6. The maximum atomic E-state index is 14.0. The van der Waals surface area contributed by atoms with Gasteiger partial charge in [-0.3, -0.25) is 14.2 Å². The molecule has 0 saturated heterocycles. The fraction of sp³-hybridized carbons (Fsp3) is 0.308. The Bertz CT molecular complexity index is 1530. The second-order valence-electron chi connectivity index (χ2n) is 8.34. The number of hydrogen-bond donors (Lipinski definition) is 0. The van der Waals surface area contributed by atoms with Gasteiger partial charge in [0.2, 0.25) is 0 Å². The Hall–Kier alpha value is -3.30. The van der Waals surface area contributed by atoms with Crippen LogP contribution in [0.5, 0.6) is 0 Å². The summed E-state index contributed by atoms with van der Waals surface area (Å²) in [5.74, 6) is -0.656. The molecule has 0 saturated carbocycles. The number of ether oxygens (including phenoxy) is 1. The molecule has 0 N–H and O–H groups in total. The summed E-state index contributed by atoms with van der Waals surface area (Å²) >= 11 is 2.66. The average molecular weight is 508 g/mol. The number of carbonyl (C=O) groups excluding carboxylic acids is 2. The van der Waals surface area contributed by atoms with Crippen molar-refractivity contribution in [1.82, 2.24) is 4.57 Å². The number of hydrogen-bond acceptors (Lipinski definition) is 7. The average Bonchev–Trinajstić information content (AvgIpc) is 3.54. The molecule has 0 unspecified atom stereocenters. The molecule has 9 heteroatoms. The summed E-state index contributed by atoms with van der Waals surface area (Å²) in [7, 11) is 0. The van der Waals surface area contributed by atoms with Crippen molar-refractivity contribution in [1.29, 1.82) is 0 Å². The van der Waals surface area contributed by atoms with Crippen molar-refractivity contribution in [3.05, 3.63) is 83.2 Å². The maximum absolute atomic E-state index is 14.0. The van der Waals surface area contributed by atoms with Crippen LogP contribution in [-0.2, 0) is 14.3 Å². The summed E-state index contributed by atoms with van der Waals surface area (Å²) in [6, 6.07) is 10.7. The molecule has 7 nitrogen and oxygen atoms in total. The predicted molar refractivity (Wildman–Crippen MR) is 137 cm³/mol. The molecule has 0 bridgehead atoms. The number of thiophene rings is 1. The Morgan fingerprint density at radius 3 is 2.66 bits per heavy atom. The number of fused-ring (bicyclic) bond motifs is 2. The number of aromatic nitrogens is 1. The van der Waals surface area contributed by atoms with Gasteiger partial charge in [0, 0.05) is 17.0 Å². The minimum absolute atomic E-state index is 0.168. The molecule has 4 heterocycles. The Labute approximate surface area is 210 Å². The normalized spacial score (nSPS) is 18.4. The number of nitrogens with zero attached hydrogens (tertiary/aromatic N) is 3. The molecule has 0 aliphatic carbocycles. The number of allylic oxidation sites excluding steroid dienone is 1. The molecule has 2 aliphatic heterocycles. The van der Waals surface area contributed by atoms with Gasteiger partial charge in [-0.15, -0.1) is 11.3 Å². The zero-order valence-corrected chi connectivity index (χ0v) is 21.4. The van der Waals surface area contributed by atoms with E-state index in [1.54, 1.807) is 23.3 Å². The van der Waals surface area contributed by atoms with E-state index in [1.807, 2.05) is 41.8 Å². The van der Waals surface area contributed by atoms with Gasteiger partial charge in [0.05, 0.1) is 29.1 Å². The van der Waals surface area contributed by atoms with Crippen LogP contribution in [0.25, 0.3) is 5.57 Å². The number of thiazole rings is 1. The van der Waals surface area contributed by atoms with Gasteiger partial charge in [0.15, 0.2) is 4.80 Å². The first kappa shape index (κ1) is 23.4. The van der Waals surface area contributed by atoms with E-state index in [0.717, 1.165) is 29.0 Å². The van der Waals surface area contributed by atoms with Crippen LogP contribution in [0.1, 0.15) is 50.1 Å². The third-order valence-corrected chi connectivity index (χ3v) is 8.17. The van der Waals surface area contributed by atoms with Gasteiger partial charge in [0.25, 0.3) is 11.5 Å². The first-order valence-corrected chi connectivity index (χ1v) is 13.3. The van der Waals surface area contributed by atoms with Crippen molar-refractivity contribution in [3.8, 4) is 0 Å². The highest BCUT2D eigenvalue weighted by atomic mass is 32.1. The zero-order valence-electron chi connectivity index (χ0n) is 19.7. The van der Waals surface area contributed by atoms with Gasteiger partial charge >= 0.3 is 5.97 Å². The minimum atomic E-state index is -0.650. The fourth-order valence-electron chi connectivity index (χ4n) is 4.60. The van der Waals surface area contributed by atoms with E-state index in [9.17, 15) is 14.4 Å². The third-order valence-electron chi connectivity index (χ3n) is 6.19. The highest BCUT2D eigenvalue weighted by Crippen LogP contribution is 2.36. The lowest BCUT2D eigenvalue weighted by Crippen LogP contribution is -2.40. The minimum Gasteiger partial charge on any atom is -0.463 e. The number of anilines is 1. The highest BCUT2D eigenvalue weighted by molar-refractivity contribution is 7.10. The lowest BCUT2D eigenvalue weighted by Gasteiger charge is -2.23. The van der Waals surface area contributed by atoms with Gasteiger partial charge in [0.1, 0.15) is 10.6 Å². The van der Waals surface area contributed by atoms with Crippen molar-refractivity contribution in [2.24, 2.45) is 4.99 Å². The monoisotopic (exact) mass is 507 g/mol. The number of benzene rings is 1. The molecule has 1 atom stereocenters. The Kier molecular flexibility index (Phi) is 6.29. The Morgan fingerprint density at radius 1 is 1.14 bits per heavy atom. The number of amides is 1. The van der Waals surface area contributed by atoms with Crippen LogP contribution in [0.15, 0.2) is 62.8 Å². The van der Waals surface area contributed by atoms with Crippen molar-refractivity contribution < 1.29 is 14.3 Å². The first-order chi connectivity index (χ1) is 17.0. The molecule has 5 rings (SSSR count). The number of esters is 1. The largest absolute Gasteiger partial charge is 0.463 e. The summed E-state index contributed by atoms with van der Waals surface area (Å²) < 4.78 is 7.22. The molecule has 180 valence electrons. The van der Waals surface area contributed by atoms with Gasteiger partial charge in [-0.25, -0.2) is 9.79 Å². The summed E-state index contributed by atoms with van der Waals surface area (Å²) in [6.45, 7) is 6.41. The second kappa shape index (κ2) is 9.39. The number of para-hydroxylation sites is 1. The fourth-order valence-corrected chi connectivity index (χ4v) is 6.56. The molecule has 0 radical (unpaired) electrons. The van der Waals surface area contributed by atoms with Gasteiger partial charge in [-0.05, 0) is 37.8 Å². The lowest BCUT2D eigenvalue weighted by molar-refractivity contribution is -0.139. The van der Waals surface area contributed by atoms with Crippen LogP contribution >= 0.6 is 22.7 Å². The molecule has 2 aromatic heterocycles. The summed E-state index contributed by atoms with van der Waals surface area (Å²) in [4.78, 5) is 48.2. The van der Waals surface area contributed by atoms with Crippen molar-refractivity contribution in [2.75, 3.05) is 18.1 Å². The second-order valence-corrected chi connectivity index (χ2v) is 10.3. The number of carbonyl (C=O) groups is 2. The molecule has 0 spiro atoms. The van der Waals surface area contributed by atoms with Gasteiger partial charge < -0.3 is 9.64 Å². The van der Waals surface area contributed by atoms with Crippen LogP contribution in [0.2, 0.25) is 0 Å². The van der Waals surface area contributed by atoms with E-state index in [-0.39, 0.29) is 18.1 Å². The third kappa shape index (κ3) is 3.79. The van der Waals surface area contributed by atoms with Gasteiger partial charge in [-0.2, -0.15) is 0 Å². The maximum Gasteiger partial charge on any atom is 0.338 e. The van der Waals surface area contributed by atoms with Crippen LogP contribution in [-0.4, -0.2) is 29.6 Å². The van der Waals surface area contributed by atoms with Crippen LogP contribution in [0.4, 0.5) is 5.69 Å². The topological polar surface area (TPSA) is 81.0 Å². The van der Waals surface area contributed by atoms with Gasteiger partial charge in [-0.1, -0.05) is 48.9 Å². The van der Waals surface area contributed by atoms with E-state index < -0.39 is 12.0 Å². The van der Waals surface area contributed by atoms with Crippen molar-refractivity contribution in [3.63, 3.8) is 0 Å². The number of unbranched alkanes of at least 4 members (excludes halogenated alkanes) is 1. The molecule has 35 heavy (non-hydrogen) atoms. The Morgan fingerprint density at radius 2 is 1.94 bits per heavy atom. The molecule has 0 fully saturated rings.